The molecule has 3 aromatic heterocycles. The third-order valence-electron chi connectivity index (χ3n) is 4.60. The number of fused-ring (bicyclic) bond motifs is 1. The van der Waals surface area contributed by atoms with Gasteiger partial charge in [0.2, 0.25) is 0 Å². The molecule has 0 aliphatic carbocycles. The molecule has 0 spiro atoms. The number of thioether (sulfide) groups is 1. The molecule has 7 nitrogen and oxygen atoms in total. The Labute approximate surface area is 163 Å². The lowest BCUT2D eigenvalue weighted by Gasteiger charge is -2.06. The van der Waals surface area contributed by atoms with Crippen LogP contribution in [-0.4, -0.2) is 24.9 Å². The molecule has 0 amide bonds. The maximum absolute atomic E-state index is 14.2. The molecule has 0 saturated heterocycles. The van der Waals surface area contributed by atoms with E-state index in [1.807, 2.05) is 6.07 Å². The van der Waals surface area contributed by atoms with Crippen molar-refractivity contribution in [3.63, 3.8) is 0 Å². The van der Waals surface area contributed by atoms with Crippen molar-refractivity contribution >= 4 is 17.6 Å². The Balaban J connectivity index is 1.61. The molecule has 4 aromatic rings. The third-order valence-corrected chi connectivity index (χ3v) is 5.57. The van der Waals surface area contributed by atoms with E-state index in [-0.39, 0.29) is 12.4 Å². The van der Waals surface area contributed by atoms with E-state index < -0.39 is 0 Å². The van der Waals surface area contributed by atoms with Crippen LogP contribution in [0.2, 0.25) is 0 Å². The third kappa shape index (κ3) is 2.93. The molecule has 0 fully saturated rings. The van der Waals surface area contributed by atoms with Gasteiger partial charge in [-0.2, -0.15) is 16.9 Å². The Morgan fingerprint density at radius 1 is 1.14 bits per heavy atom. The lowest BCUT2D eigenvalue weighted by molar-refractivity contribution is 0.421. The number of rotatable bonds is 4. The first-order valence-electron chi connectivity index (χ1n) is 8.64. The largest absolute Gasteiger partial charge is 0.383 e. The van der Waals surface area contributed by atoms with Crippen molar-refractivity contribution in [1.82, 2.24) is 24.9 Å². The fraction of sp³-hybridized carbons (Fsp3) is 0.158. The molecule has 28 heavy (non-hydrogen) atoms. The second-order valence-corrected chi connectivity index (χ2v) is 7.38. The lowest BCUT2D eigenvalue weighted by atomic mass is 10.2. The summed E-state index contributed by atoms with van der Waals surface area (Å²) in [4.78, 5) is 9.07. The van der Waals surface area contributed by atoms with Gasteiger partial charge in [-0.1, -0.05) is 23.4 Å². The molecule has 1 aliphatic rings. The van der Waals surface area contributed by atoms with E-state index in [2.05, 4.69) is 20.2 Å². The van der Waals surface area contributed by atoms with Crippen LogP contribution in [0.4, 0.5) is 10.2 Å². The van der Waals surface area contributed by atoms with Crippen molar-refractivity contribution in [2.45, 2.75) is 18.1 Å². The molecule has 0 unspecified atom stereocenters. The summed E-state index contributed by atoms with van der Waals surface area (Å²) in [7, 11) is 0. The molecule has 1 aliphatic heterocycles. The molecule has 140 valence electrons. The Morgan fingerprint density at radius 3 is 2.86 bits per heavy atom. The minimum absolute atomic E-state index is 0.241. The van der Waals surface area contributed by atoms with Gasteiger partial charge in [0, 0.05) is 28.7 Å². The van der Waals surface area contributed by atoms with E-state index in [1.165, 1.54) is 12.3 Å². The first kappa shape index (κ1) is 16.9. The predicted octanol–water partition coefficient (Wildman–Crippen LogP) is 3.51. The van der Waals surface area contributed by atoms with Gasteiger partial charge in [0.15, 0.2) is 5.82 Å². The van der Waals surface area contributed by atoms with Crippen molar-refractivity contribution in [3.05, 3.63) is 65.3 Å². The molecular formula is C19H15FN6OS. The van der Waals surface area contributed by atoms with E-state index in [0.717, 1.165) is 22.8 Å². The number of nitrogens with two attached hydrogens (primary N) is 1. The zero-order valence-corrected chi connectivity index (χ0v) is 15.5. The molecule has 0 atom stereocenters. The Morgan fingerprint density at radius 2 is 2.04 bits per heavy atom. The smallest absolute Gasteiger partial charge is 0.182 e. The summed E-state index contributed by atoms with van der Waals surface area (Å²) in [6, 6.07) is 10.2. The number of anilines is 1. The maximum Gasteiger partial charge on any atom is 0.182 e. The number of hydrogen-bond donors (Lipinski definition) is 1. The fourth-order valence-electron chi connectivity index (χ4n) is 3.18. The van der Waals surface area contributed by atoms with Gasteiger partial charge in [-0.15, -0.1) is 0 Å². The van der Waals surface area contributed by atoms with Crippen molar-refractivity contribution in [2.24, 2.45) is 0 Å². The van der Waals surface area contributed by atoms with E-state index >= 15 is 0 Å². The van der Waals surface area contributed by atoms with E-state index in [9.17, 15) is 4.39 Å². The van der Waals surface area contributed by atoms with Crippen molar-refractivity contribution < 1.29 is 8.91 Å². The monoisotopic (exact) mass is 394 g/mol. The molecule has 0 radical (unpaired) electrons. The quantitative estimate of drug-likeness (QED) is 0.566. The minimum Gasteiger partial charge on any atom is -0.383 e. The van der Waals surface area contributed by atoms with Crippen molar-refractivity contribution in [2.75, 3.05) is 5.73 Å². The van der Waals surface area contributed by atoms with Crippen LogP contribution in [0.5, 0.6) is 0 Å². The zero-order valence-electron chi connectivity index (χ0n) is 14.7. The number of benzene rings is 1. The summed E-state index contributed by atoms with van der Waals surface area (Å²) in [6.07, 6.45) is 1.48. The van der Waals surface area contributed by atoms with Crippen LogP contribution in [0.3, 0.4) is 0 Å². The second-order valence-electron chi connectivity index (χ2n) is 6.40. The van der Waals surface area contributed by atoms with Gasteiger partial charge in [-0.3, -0.25) is 4.68 Å². The van der Waals surface area contributed by atoms with E-state index in [0.29, 0.717) is 34.3 Å². The van der Waals surface area contributed by atoms with E-state index in [4.69, 9.17) is 10.3 Å². The number of halogens is 1. The topological polar surface area (TPSA) is 95.7 Å². The standard InChI is InChI=1S/C19H15FN6OS/c20-13-4-2-1-3-11(13)8-26-17(14-5-6-27-25-14)7-15(24-26)19-22-16-10-28-9-12(16)18(21)23-19/h1-7H,8-10H2,(H2,21,22,23). The highest BCUT2D eigenvalue weighted by Gasteiger charge is 2.22. The van der Waals surface area contributed by atoms with Crippen LogP contribution in [0.1, 0.15) is 16.8 Å². The van der Waals surface area contributed by atoms with Crippen LogP contribution in [0.25, 0.3) is 22.9 Å². The van der Waals surface area contributed by atoms with Gasteiger partial charge in [0.25, 0.3) is 0 Å². The summed E-state index contributed by atoms with van der Waals surface area (Å²) < 4.78 is 20.8. The average Bonchev–Trinajstić information content (AvgIpc) is 3.43. The van der Waals surface area contributed by atoms with Crippen molar-refractivity contribution in [3.8, 4) is 22.9 Å². The fourth-order valence-corrected chi connectivity index (χ4v) is 4.23. The minimum atomic E-state index is -0.291. The van der Waals surface area contributed by atoms with Crippen LogP contribution < -0.4 is 5.73 Å². The highest BCUT2D eigenvalue weighted by molar-refractivity contribution is 7.98. The van der Waals surface area contributed by atoms with Crippen LogP contribution >= 0.6 is 11.8 Å². The first-order chi connectivity index (χ1) is 13.7. The molecule has 2 N–H and O–H groups in total. The molecule has 0 bridgehead atoms. The average molecular weight is 394 g/mol. The van der Waals surface area contributed by atoms with Crippen LogP contribution in [0.15, 0.2) is 47.2 Å². The summed E-state index contributed by atoms with van der Waals surface area (Å²) in [5.41, 5.74) is 10.4. The van der Waals surface area contributed by atoms with Gasteiger partial charge >= 0.3 is 0 Å². The number of nitrogen functional groups attached to an aromatic ring is 1. The van der Waals surface area contributed by atoms with Crippen LogP contribution in [-0.2, 0) is 18.1 Å². The highest BCUT2D eigenvalue weighted by atomic mass is 32.2. The number of aromatic nitrogens is 5. The normalized spacial score (nSPS) is 13.0. The Bertz CT molecular complexity index is 1160. The van der Waals surface area contributed by atoms with Gasteiger partial charge < -0.3 is 10.3 Å². The van der Waals surface area contributed by atoms with Crippen LogP contribution in [0, 0.1) is 5.82 Å². The summed E-state index contributed by atoms with van der Waals surface area (Å²) in [5, 5.41) is 8.62. The molecule has 0 saturated carbocycles. The predicted molar refractivity (Wildman–Crippen MR) is 104 cm³/mol. The summed E-state index contributed by atoms with van der Waals surface area (Å²) in [5.74, 6) is 2.28. The lowest BCUT2D eigenvalue weighted by Crippen LogP contribution is -2.06. The van der Waals surface area contributed by atoms with E-state index in [1.54, 1.807) is 40.7 Å². The highest BCUT2D eigenvalue weighted by Crippen LogP contribution is 2.33. The van der Waals surface area contributed by atoms with Gasteiger partial charge in [-0.25, -0.2) is 14.4 Å². The van der Waals surface area contributed by atoms with Crippen molar-refractivity contribution in [1.29, 1.82) is 0 Å². The Hall–Kier alpha value is -3.20. The summed E-state index contributed by atoms with van der Waals surface area (Å²) >= 11 is 1.76. The van der Waals surface area contributed by atoms with Gasteiger partial charge in [0.05, 0.1) is 17.9 Å². The summed E-state index contributed by atoms with van der Waals surface area (Å²) in [6.45, 7) is 0.241. The maximum atomic E-state index is 14.2. The second kappa shape index (κ2) is 6.75. The number of hydrogen-bond acceptors (Lipinski definition) is 7. The molecular weight excluding hydrogens is 379 g/mol. The zero-order chi connectivity index (χ0) is 19.1. The Kier molecular flexibility index (Phi) is 4.09. The molecule has 5 rings (SSSR count). The molecule has 9 heteroatoms. The number of nitrogens with zero attached hydrogens (tertiary/aromatic N) is 5. The van der Waals surface area contributed by atoms with Gasteiger partial charge in [0.1, 0.15) is 29.3 Å². The van der Waals surface area contributed by atoms with Gasteiger partial charge in [-0.05, 0) is 12.1 Å². The SMILES string of the molecule is Nc1nc(-c2cc(-c3ccon3)n(Cc3ccccc3F)n2)nc2c1CSC2. The first-order valence-corrected chi connectivity index (χ1v) is 9.80. The molecule has 1 aromatic carbocycles. The molecule has 4 heterocycles.